The Morgan fingerprint density at radius 3 is 2.54 bits per heavy atom. The lowest BCUT2D eigenvalue weighted by molar-refractivity contribution is 0.439. The van der Waals surface area contributed by atoms with Gasteiger partial charge in [0.05, 0.1) is 22.9 Å². The summed E-state index contributed by atoms with van der Waals surface area (Å²) in [5.41, 5.74) is 3.37. The van der Waals surface area contributed by atoms with E-state index in [1.807, 2.05) is 37.4 Å². The van der Waals surface area contributed by atoms with Crippen LogP contribution in [0.1, 0.15) is 12.8 Å². The van der Waals surface area contributed by atoms with Crippen LogP contribution in [0.5, 0.6) is 0 Å². The Hall–Kier alpha value is -2.60. The van der Waals surface area contributed by atoms with E-state index in [-0.39, 0.29) is 0 Å². The molecule has 4 rings (SSSR count). The molecule has 24 heavy (non-hydrogen) atoms. The van der Waals surface area contributed by atoms with E-state index in [9.17, 15) is 0 Å². The summed E-state index contributed by atoms with van der Waals surface area (Å²) in [7, 11) is 2.02. The highest BCUT2D eigenvalue weighted by Gasteiger charge is 2.20. The molecule has 6 nitrogen and oxygen atoms in total. The number of hydrogen-bond donors (Lipinski definition) is 1. The van der Waals surface area contributed by atoms with Crippen LogP contribution in [0.15, 0.2) is 42.7 Å². The third-order valence-corrected chi connectivity index (χ3v) is 4.54. The number of piperidine rings is 1. The Bertz CT molecular complexity index is 842. The molecule has 122 valence electrons. The number of rotatable bonds is 3. The highest BCUT2D eigenvalue weighted by atomic mass is 15.3. The molecule has 0 saturated carbocycles. The lowest BCUT2D eigenvalue weighted by atomic mass is 10.1. The average Bonchev–Trinajstić information content (AvgIpc) is 2.68. The zero-order valence-corrected chi connectivity index (χ0v) is 13.7. The minimum absolute atomic E-state index is 0.593. The molecule has 6 heteroatoms. The molecule has 2 aromatic heterocycles. The summed E-state index contributed by atoms with van der Waals surface area (Å²) in [6.07, 6.45) is 5.81. The van der Waals surface area contributed by atoms with Crippen LogP contribution in [-0.4, -0.2) is 46.1 Å². The van der Waals surface area contributed by atoms with Gasteiger partial charge in [0.1, 0.15) is 5.69 Å². The molecule has 1 saturated heterocycles. The molecular weight excluding hydrogens is 300 g/mol. The molecule has 0 spiro atoms. The van der Waals surface area contributed by atoms with E-state index < -0.39 is 0 Å². The number of hydrogen-bond acceptors (Lipinski definition) is 6. The highest BCUT2D eigenvalue weighted by molar-refractivity contribution is 5.76. The second kappa shape index (κ2) is 6.49. The Morgan fingerprint density at radius 1 is 0.958 bits per heavy atom. The highest BCUT2D eigenvalue weighted by Crippen LogP contribution is 2.21. The molecule has 1 aliphatic rings. The van der Waals surface area contributed by atoms with Gasteiger partial charge in [0.15, 0.2) is 0 Å². The SMILES string of the molecule is CNC1CCN(c2nccc(-c3cnc4ccccc4n3)n2)CC1. The summed E-state index contributed by atoms with van der Waals surface area (Å²) in [6.45, 7) is 1.94. The fourth-order valence-electron chi connectivity index (χ4n) is 3.09. The van der Waals surface area contributed by atoms with Crippen molar-refractivity contribution in [1.29, 1.82) is 0 Å². The minimum atomic E-state index is 0.593. The van der Waals surface area contributed by atoms with E-state index in [2.05, 4.69) is 25.2 Å². The van der Waals surface area contributed by atoms with E-state index in [0.29, 0.717) is 6.04 Å². The number of benzene rings is 1. The van der Waals surface area contributed by atoms with Crippen molar-refractivity contribution >= 4 is 17.0 Å². The first-order valence-electron chi connectivity index (χ1n) is 8.31. The van der Waals surface area contributed by atoms with Crippen molar-refractivity contribution in [2.24, 2.45) is 0 Å². The molecule has 0 radical (unpaired) electrons. The van der Waals surface area contributed by atoms with Crippen molar-refractivity contribution in [3.8, 4) is 11.4 Å². The molecule has 1 aliphatic heterocycles. The van der Waals surface area contributed by atoms with Crippen molar-refractivity contribution in [2.75, 3.05) is 25.0 Å². The van der Waals surface area contributed by atoms with Gasteiger partial charge in [-0.25, -0.2) is 15.0 Å². The number of aromatic nitrogens is 4. The third-order valence-electron chi connectivity index (χ3n) is 4.54. The van der Waals surface area contributed by atoms with Crippen LogP contribution in [0, 0.1) is 0 Å². The lowest BCUT2D eigenvalue weighted by Crippen LogP contribution is -2.41. The summed E-state index contributed by atoms with van der Waals surface area (Å²) >= 11 is 0. The molecule has 0 atom stereocenters. The topological polar surface area (TPSA) is 66.8 Å². The zero-order valence-electron chi connectivity index (χ0n) is 13.7. The van der Waals surface area contributed by atoms with Crippen molar-refractivity contribution in [3.63, 3.8) is 0 Å². The van der Waals surface area contributed by atoms with E-state index in [4.69, 9.17) is 4.98 Å². The maximum absolute atomic E-state index is 4.72. The molecule has 0 unspecified atom stereocenters. The first-order chi connectivity index (χ1) is 11.8. The predicted octanol–water partition coefficient (Wildman–Crippen LogP) is 2.28. The predicted molar refractivity (Wildman–Crippen MR) is 94.9 cm³/mol. The van der Waals surface area contributed by atoms with Crippen LogP contribution in [0.2, 0.25) is 0 Å². The Labute approximate surface area is 141 Å². The Kier molecular flexibility index (Phi) is 4.04. The summed E-state index contributed by atoms with van der Waals surface area (Å²) in [6, 6.07) is 10.4. The number of para-hydroxylation sites is 2. The number of nitrogens with one attached hydrogen (secondary N) is 1. The fourth-order valence-corrected chi connectivity index (χ4v) is 3.09. The van der Waals surface area contributed by atoms with Crippen molar-refractivity contribution < 1.29 is 0 Å². The van der Waals surface area contributed by atoms with E-state index >= 15 is 0 Å². The fraction of sp³-hybridized carbons (Fsp3) is 0.333. The van der Waals surface area contributed by atoms with Gasteiger partial charge in [0, 0.05) is 25.3 Å². The summed E-state index contributed by atoms with van der Waals surface area (Å²) in [4.78, 5) is 20.6. The lowest BCUT2D eigenvalue weighted by Gasteiger charge is -2.31. The van der Waals surface area contributed by atoms with E-state index in [1.54, 1.807) is 12.4 Å². The molecule has 0 aliphatic carbocycles. The van der Waals surface area contributed by atoms with Gasteiger partial charge >= 0.3 is 0 Å². The quantitative estimate of drug-likeness (QED) is 0.798. The largest absolute Gasteiger partial charge is 0.341 e. The van der Waals surface area contributed by atoms with E-state index in [0.717, 1.165) is 54.3 Å². The number of nitrogens with zero attached hydrogens (tertiary/aromatic N) is 5. The summed E-state index contributed by atoms with van der Waals surface area (Å²) in [5.74, 6) is 0.775. The summed E-state index contributed by atoms with van der Waals surface area (Å²) < 4.78 is 0. The maximum atomic E-state index is 4.72. The normalized spacial score (nSPS) is 15.8. The van der Waals surface area contributed by atoms with Gasteiger partial charge in [-0.2, -0.15) is 0 Å². The second-order valence-electron chi connectivity index (χ2n) is 6.04. The molecule has 0 amide bonds. The molecule has 1 aromatic carbocycles. The monoisotopic (exact) mass is 320 g/mol. The van der Waals surface area contributed by atoms with Crippen LogP contribution in [-0.2, 0) is 0 Å². The summed E-state index contributed by atoms with van der Waals surface area (Å²) in [5, 5.41) is 3.34. The van der Waals surface area contributed by atoms with Gasteiger partial charge in [0.2, 0.25) is 5.95 Å². The second-order valence-corrected chi connectivity index (χ2v) is 6.04. The first kappa shape index (κ1) is 15.0. The van der Waals surface area contributed by atoms with Crippen LogP contribution in [0.3, 0.4) is 0 Å². The zero-order chi connectivity index (χ0) is 16.4. The van der Waals surface area contributed by atoms with Crippen LogP contribution >= 0.6 is 0 Å². The number of anilines is 1. The standard InChI is InChI=1S/C18H20N6/c1-19-13-7-10-24(11-8-13)18-20-9-6-16(23-18)17-12-21-14-4-2-3-5-15(14)22-17/h2-6,9,12-13,19H,7-8,10-11H2,1H3. The Balaban J connectivity index is 1.62. The number of fused-ring (bicyclic) bond motifs is 1. The minimum Gasteiger partial charge on any atom is -0.341 e. The van der Waals surface area contributed by atoms with Crippen LogP contribution < -0.4 is 10.2 Å². The molecule has 1 fully saturated rings. The van der Waals surface area contributed by atoms with E-state index in [1.165, 1.54) is 0 Å². The van der Waals surface area contributed by atoms with Gasteiger partial charge < -0.3 is 10.2 Å². The molecule has 3 aromatic rings. The van der Waals surface area contributed by atoms with Gasteiger partial charge in [-0.1, -0.05) is 12.1 Å². The van der Waals surface area contributed by atoms with Gasteiger partial charge in [-0.15, -0.1) is 0 Å². The first-order valence-corrected chi connectivity index (χ1v) is 8.31. The van der Waals surface area contributed by atoms with Crippen molar-refractivity contribution in [2.45, 2.75) is 18.9 Å². The van der Waals surface area contributed by atoms with Crippen LogP contribution in [0.25, 0.3) is 22.4 Å². The van der Waals surface area contributed by atoms with Crippen molar-refractivity contribution in [3.05, 3.63) is 42.7 Å². The van der Waals surface area contributed by atoms with Gasteiger partial charge in [0.25, 0.3) is 0 Å². The van der Waals surface area contributed by atoms with Gasteiger partial charge in [-0.3, -0.25) is 4.98 Å². The maximum Gasteiger partial charge on any atom is 0.225 e. The van der Waals surface area contributed by atoms with Crippen molar-refractivity contribution in [1.82, 2.24) is 25.3 Å². The average molecular weight is 320 g/mol. The van der Waals surface area contributed by atoms with Crippen LogP contribution in [0.4, 0.5) is 5.95 Å². The molecule has 1 N–H and O–H groups in total. The molecule has 3 heterocycles. The van der Waals surface area contributed by atoms with Gasteiger partial charge in [-0.05, 0) is 38.1 Å². The third kappa shape index (κ3) is 2.92. The smallest absolute Gasteiger partial charge is 0.225 e. The Morgan fingerprint density at radius 2 is 1.75 bits per heavy atom. The molecule has 0 bridgehead atoms. The molecular formula is C18H20N6.